The number of hydrogen-bond acceptors (Lipinski definition) is 1. The van der Waals surface area contributed by atoms with Gasteiger partial charge in [0.25, 0.3) is 0 Å². The van der Waals surface area contributed by atoms with E-state index >= 15 is 0 Å². The first kappa shape index (κ1) is 6.96. The molecule has 0 heterocycles. The second kappa shape index (κ2) is 5.96. The fourth-order valence-corrected chi connectivity index (χ4v) is 0.577. The van der Waals surface area contributed by atoms with Gasteiger partial charge in [0.15, 0.2) is 0 Å². The van der Waals surface area contributed by atoms with E-state index in [9.17, 15) is 0 Å². The molecule has 0 fully saturated rings. The molecule has 0 aromatic rings. The molecule has 0 rings (SSSR count). The summed E-state index contributed by atoms with van der Waals surface area (Å²) in [5, 5.41) is 0. The molecule has 0 amide bonds. The Morgan fingerprint density at radius 2 is 2.33 bits per heavy atom. The normalized spacial score (nSPS) is 9.17. The Kier molecular flexibility index (Phi) is 6.91. The Bertz CT molecular complexity index is 19.5. The monoisotopic (exact) mass is 96.1 g/mol. The van der Waals surface area contributed by atoms with Gasteiger partial charge >= 0.3 is 56.5 Å². The third-order valence-electron chi connectivity index (χ3n) is 0.702. The van der Waals surface area contributed by atoms with Crippen molar-refractivity contribution < 1.29 is 4.74 Å². The summed E-state index contributed by atoms with van der Waals surface area (Å²) in [7, 11) is 1.75. The zero-order valence-electron chi connectivity index (χ0n) is 4.53. The average molecular weight is 96.1 g/mol. The third kappa shape index (κ3) is 4.96. The average Bonchev–Trinajstić information content (AvgIpc) is 1.61. The van der Waals surface area contributed by atoms with Gasteiger partial charge in [0, 0.05) is 0 Å². The molecule has 0 aliphatic carbocycles. The van der Waals surface area contributed by atoms with Crippen molar-refractivity contribution in [2.45, 2.75) is 10.1 Å². The van der Waals surface area contributed by atoms with Gasteiger partial charge in [0.2, 0.25) is 0 Å². The molecule has 0 atom stereocenters. The molecule has 0 aromatic heterocycles. The molecule has 2 heteroatoms. The van der Waals surface area contributed by atoms with E-state index in [2.05, 4.69) is 0 Å². The van der Waals surface area contributed by atoms with Crippen molar-refractivity contribution in [3.8, 4) is 0 Å². The van der Waals surface area contributed by atoms with Crippen LogP contribution in [0, 0.1) is 0 Å². The predicted molar refractivity (Wildman–Crippen MR) is 27.1 cm³/mol. The second-order valence-electron chi connectivity index (χ2n) is 1.35. The molecular formula is C4H9NaO. The molecule has 0 unspecified atom stereocenters. The van der Waals surface area contributed by atoms with Crippen LogP contribution in [0.4, 0.5) is 0 Å². The molecule has 6 heavy (non-hydrogen) atoms. The van der Waals surface area contributed by atoms with Crippen LogP contribution in [0.25, 0.3) is 0 Å². The SMILES string of the molecule is COCC[CH2][Na]. The maximum atomic E-state index is 4.80. The van der Waals surface area contributed by atoms with Crippen LogP contribution in [0.1, 0.15) is 6.42 Å². The van der Waals surface area contributed by atoms with E-state index in [1.54, 1.807) is 7.11 Å². The van der Waals surface area contributed by atoms with Crippen molar-refractivity contribution in [1.29, 1.82) is 0 Å². The van der Waals surface area contributed by atoms with Crippen LogP contribution in [0.5, 0.6) is 0 Å². The van der Waals surface area contributed by atoms with Crippen LogP contribution in [0.2, 0.25) is 3.67 Å². The summed E-state index contributed by atoms with van der Waals surface area (Å²) in [5.41, 5.74) is 0. The Hall–Kier alpha value is 0.960. The molecule has 32 valence electrons. The summed E-state index contributed by atoms with van der Waals surface area (Å²) in [6.45, 7) is 0.948. The number of methoxy groups -OCH3 is 1. The van der Waals surface area contributed by atoms with Crippen LogP contribution < -0.4 is 0 Å². The zero-order chi connectivity index (χ0) is 4.83. The van der Waals surface area contributed by atoms with E-state index in [0.717, 1.165) is 6.61 Å². The van der Waals surface area contributed by atoms with Crippen molar-refractivity contribution in [1.82, 2.24) is 0 Å². The fraction of sp³-hybridized carbons (Fsp3) is 1.00. The minimum atomic E-state index is 0.948. The van der Waals surface area contributed by atoms with Crippen molar-refractivity contribution in [3.05, 3.63) is 0 Å². The van der Waals surface area contributed by atoms with Gasteiger partial charge < -0.3 is 0 Å². The first-order valence-electron chi connectivity index (χ1n) is 2.40. The van der Waals surface area contributed by atoms with Gasteiger partial charge in [-0.1, -0.05) is 0 Å². The molecular weight excluding hydrogens is 87.0 g/mol. The van der Waals surface area contributed by atoms with Crippen LogP contribution in [0.15, 0.2) is 0 Å². The summed E-state index contributed by atoms with van der Waals surface area (Å²) in [6, 6.07) is 0. The number of ether oxygens (including phenoxy) is 1. The first-order chi connectivity index (χ1) is 2.91. The van der Waals surface area contributed by atoms with Gasteiger partial charge in [-0.3, -0.25) is 0 Å². The molecule has 0 radical (unpaired) electrons. The molecule has 1 nitrogen and oxygen atoms in total. The van der Waals surface area contributed by atoms with Crippen molar-refractivity contribution >= 4 is 27.9 Å². The van der Waals surface area contributed by atoms with Gasteiger partial charge in [-0.2, -0.15) is 0 Å². The standard InChI is InChI=1S/C4H9O.Na/c1-3-4-5-2;/h1,3-4H2,2H3;. The van der Waals surface area contributed by atoms with E-state index in [4.69, 9.17) is 4.74 Å². The Balaban J connectivity index is 2.34. The third-order valence-corrected chi connectivity index (χ3v) is 1.41. The molecule has 0 spiro atoms. The van der Waals surface area contributed by atoms with Gasteiger partial charge in [-0.25, -0.2) is 0 Å². The van der Waals surface area contributed by atoms with Gasteiger partial charge in [0.05, 0.1) is 0 Å². The molecule has 0 aliphatic rings. The predicted octanol–water partition coefficient (Wildman–Crippen LogP) is 0.610. The zero-order valence-corrected chi connectivity index (χ0v) is 6.53. The molecule has 0 bridgehead atoms. The Labute approximate surface area is 56.5 Å². The van der Waals surface area contributed by atoms with Gasteiger partial charge in [-0.05, 0) is 0 Å². The Morgan fingerprint density at radius 1 is 1.67 bits per heavy atom. The topological polar surface area (TPSA) is 9.23 Å². The second-order valence-corrected chi connectivity index (χ2v) is 2.35. The molecule has 0 saturated carbocycles. The number of rotatable bonds is 3. The molecule has 0 N–H and O–H groups in total. The maximum absolute atomic E-state index is 4.80. The summed E-state index contributed by atoms with van der Waals surface area (Å²) < 4.78 is 6.17. The van der Waals surface area contributed by atoms with Crippen molar-refractivity contribution in [2.75, 3.05) is 13.7 Å². The van der Waals surface area contributed by atoms with E-state index < -0.39 is 0 Å². The van der Waals surface area contributed by atoms with Crippen LogP contribution in [-0.4, -0.2) is 41.6 Å². The van der Waals surface area contributed by atoms with Crippen molar-refractivity contribution in [3.63, 3.8) is 0 Å². The van der Waals surface area contributed by atoms with E-state index in [1.807, 2.05) is 0 Å². The fourth-order valence-electron chi connectivity index (χ4n) is 0.289. The summed E-state index contributed by atoms with van der Waals surface area (Å²) in [4.78, 5) is 0. The summed E-state index contributed by atoms with van der Waals surface area (Å²) in [6.07, 6.45) is 1.25. The quantitative estimate of drug-likeness (QED) is 0.369. The van der Waals surface area contributed by atoms with Crippen LogP contribution in [0.3, 0.4) is 0 Å². The molecule has 0 aromatic carbocycles. The molecule has 0 saturated heterocycles. The first-order valence-corrected chi connectivity index (χ1v) is 3.82. The molecule has 0 aliphatic heterocycles. The summed E-state index contributed by atoms with van der Waals surface area (Å²) >= 11 is 1.32. The van der Waals surface area contributed by atoms with Gasteiger partial charge in [-0.15, -0.1) is 0 Å². The van der Waals surface area contributed by atoms with E-state index in [1.165, 1.54) is 38.0 Å². The van der Waals surface area contributed by atoms with E-state index in [0.29, 0.717) is 0 Å². The van der Waals surface area contributed by atoms with E-state index in [-0.39, 0.29) is 0 Å². The number of hydrogen-bond donors (Lipinski definition) is 0. The van der Waals surface area contributed by atoms with Gasteiger partial charge in [0.1, 0.15) is 0 Å². The van der Waals surface area contributed by atoms with Crippen LogP contribution >= 0.6 is 0 Å². The van der Waals surface area contributed by atoms with Crippen LogP contribution in [-0.2, 0) is 4.74 Å². The Morgan fingerprint density at radius 3 is 2.50 bits per heavy atom. The van der Waals surface area contributed by atoms with Crippen molar-refractivity contribution in [2.24, 2.45) is 0 Å². The summed E-state index contributed by atoms with van der Waals surface area (Å²) in [5.74, 6) is 0. The minimum absolute atomic E-state index is 0.948.